The van der Waals surface area contributed by atoms with Crippen LogP contribution in [0.3, 0.4) is 0 Å². The number of rotatable bonds is 7. The molecule has 6 nitrogen and oxygen atoms in total. The number of nitrogen functional groups attached to an aromatic ring is 1. The van der Waals surface area contributed by atoms with E-state index in [-0.39, 0.29) is 23.5 Å². The number of pyridine rings is 1. The maximum atomic E-state index is 15.0. The van der Waals surface area contributed by atoms with E-state index in [1.165, 1.54) is 35.0 Å². The first-order valence-electron chi connectivity index (χ1n) is 9.64. The van der Waals surface area contributed by atoms with E-state index in [0.29, 0.717) is 11.2 Å². The molecule has 0 aliphatic rings. The largest absolute Gasteiger partial charge is 0.487 e. The van der Waals surface area contributed by atoms with Gasteiger partial charge in [-0.3, -0.25) is 0 Å². The first kappa shape index (κ1) is 21.6. The van der Waals surface area contributed by atoms with E-state index in [1.807, 2.05) is 0 Å². The molecule has 0 amide bonds. The molecule has 0 aliphatic heterocycles. The Kier molecular flexibility index (Phi) is 5.95. The van der Waals surface area contributed by atoms with Crippen molar-refractivity contribution in [1.82, 2.24) is 14.6 Å². The van der Waals surface area contributed by atoms with E-state index < -0.39 is 42.1 Å². The maximum absolute atomic E-state index is 15.0. The summed E-state index contributed by atoms with van der Waals surface area (Å²) in [7, 11) is 0. The molecule has 10 heteroatoms. The van der Waals surface area contributed by atoms with Crippen LogP contribution in [0.4, 0.5) is 23.5 Å². The quantitative estimate of drug-likeness (QED) is 0.415. The van der Waals surface area contributed by atoms with Crippen LogP contribution in [-0.2, 0) is 0 Å². The van der Waals surface area contributed by atoms with Gasteiger partial charge in [0, 0.05) is 18.2 Å². The van der Waals surface area contributed by atoms with Crippen LogP contribution in [-0.4, -0.2) is 32.5 Å². The van der Waals surface area contributed by atoms with Crippen molar-refractivity contribution < 1.29 is 27.4 Å². The highest BCUT2D eigenvalue weighted by Crippen LogP contribution is 2.32. The minimum atomic E-state index is -1.78. The zero-order valence-corrected chi connectivity index (χ0v) is 16.6. The smallest absolute Gasteiger partial charge is 0.240 e. The third-order valence-corrected chi connectivity index (χ3v) is 4.91. The van der Waals surface area contributed by atoms with Crippen LogP contribution in [0, 0.1) is 17.5 Å². The van der Waals surface area contributed by atoms with Gasteiger partial charge in [-0.15, -0.1) is 5.10 Å². The molecule has 2 aromatic carbocycles. The topological polar surface area (TPSA) is 85.7 Å². The number of aliphatic hydroxyl groups excluding tert-OH is 1. The number of aliphatic hydroxyl groups is 1. The van der Waals surface area contributed by atoms with Crippen LogP contribution < -0.4 is 10.5 Å². The molecule has 3 N–H and O–H groups in total. The Morgan fingerprint density at radius 2 is 1.81 bits per heavy atom. The second kappa shape index (κ2) is 8.83. The average molecular weight is 446 g/mol. The van der Waals surface area contributed by atoms with Crippen molar-refractivity contribution >= 4 is 11.6 Å². The fourth-order valence-corrected chi connectivity index (χ4v) is 3.25. The summed E-state index contributed by atoms with van der Waals surface area (Å²) >= 11 is 0. The highest BCUT2D eigenvalue weighted by molar-refractivity contribution is 5.69. The van der Waals surface area contributed by atoms with Crippen LogP contribution >= 0.6 is 0 Å². The number of alkyl halides is 1. The van der Waals surface area contributed by atoms with Gasteiger partial charge in [0.1, 0.15) is 18.1 Å². The molecule has 4 rings (SSSR count). The molecule has 2 unspecified atom stereocenters. The lowest BCUT2D eigenvalue weighted by Gasteiger charge is -2.17. The molecule has 0 aliphatic carbocycles. The van der Waals surface area contributed by atoms with Crippen LogP contribution in [0.2, 0.25) is 0 Å². The van der Waals surface area contributed by atoms with Crippen LogP contribution in [0.1, 0.15) is 18.1 Å². The summed E-state index contributed by atoms with van der Waals surface area (Å²) in [5.74, 6) is -3.04. The Balaban J connectivity index is 1.48. The van der Waals surface area contributed by atoms with Gasteiger partial charge in [-0.05, 0) is 47.5 Å². The zero-order chi connectivity index (χ0) is 22.8. The Morgan fingerprint density at radius 1 is 1.06 bits per heavy atom. The molecular weight excluding hydrogens is 428 g/mol. The Bertz CT molecular complexity index is 1250. The molecule has 0 spiro atoms. The second-order valence-electron chi connectivity index (χ2n) is 7.08. The Hall–Kier alpha value is -3.66. The lowest BCUT2D eigenvalue weighted by molar-refractivity contribution is 0.0623. The Morgan fingerprint density at radius 3 is 2.56 bits per heavy atom. The number of halogens is 4. The van der Waals surface area contributed by atoms with Crippen molar-refractivity contribution in [2.24, 2.45) is 0 Å². The summed E-state index contributed by atoms with van der Waals surface area (Å²) in [4.78, 5) is 4.00. The zero-order valence-electron chi connectivity index (χ0n) is 16.6. The molecule has 2 aromatic heterocycles. The summed E-state index contributed by atoms with van der Waals surface area (Å²) in [6.07, 6.45) is -2.12. The van der Waals surface area contributed by atoms with Gasteiger partial charge >= 0.3 is 0 Å². The number of hydrogen-bond acceptors (Lipinski definition) is 5. The SMILES string of the molecule is Nc1nc2cc(-c3ccc(F)c(OCCC(F)C(O)c4ccc(F)cc4)c3F)ccn2n1. The van der Waals surface area contributed by atoms with Gasteiger partial charge in [-0.1, -0.05) is 12.1 Å². The van der Waals surface area contributed by atoms with Crippen molar-refractivity contribution in [3.8, 4) is 16.9 Å². The first-order chi connectivity index (χ1) is 15.3. The summed E-state index contributed by atoms with van der Waals surface area (Å²) in [5.41, 5.74) is 6.55. The van der Waals surface area contributed by atoms with E-state index in [2.05, 4.69) is 10.1 Å². The van der Waals surface area contributed by atoms with Crippen LogP contribution in [0.25, 0.3) is 16.8 Å². The summed E-state index contributed by atoms with van der Waals surface area (Å²) < 4.78 is 63.1. The number of nitrogens with two attached hydrogens (primary N) is 1. The molecule has 0 bridgehead atoms. The van der Waals surface area contributed by atoms with E-state index >= 15 is 0 Å². The number of ether oxygens (including phenoxy) is 1. The monoisotopic (exact) mass is 446 g/mol. The number of nitrogens with zero attached hydrogens (tertiary/aromatic N) is 3. The molecule has 2 atom stereocenters. The van der Waals surface area contributed by atoms with Gasteiger partial charge in [0.15, 0.2) is 23.0 Å². The highest BCUT2D eigenvalue weighted by Gasteiger charge is 2.22. The molecule has 0 radical (unpaired) electrons. The van der Waals surface area contributed by atoms with E-state index in [4.69, 9.17) is 10.5 Å². The average Bonchev–Trinajstić information content (AvgIpc) is 3.15. The predicted molar refractivity (Wildman–Crippen MR) is 109 cm³/mol. The van der Waals surface area contributed by atoms with Crippen molar-refractivity contribution in [3.63, 3.8) is 0 Å². The number of hydrogen-bond donors (Lipinski definition) is 2. The van der Waals surface area contributed by atoms with Crippen molar-refractivity contribution in [3.05, 3.63) is 77.7 Å². The molecule has 0 saturated carbocycles. The predicted octanol–water partition coefficient (Wildman–Crippen LogP) is 4.24. The lowest BCUT2D eigenvalue weighted by atomic mass is 10.0. The first-order valence-corrected chi connectivity index (χ1v) is 9.64. The van der Waals surface area contributed by atoms with E-state index in [1.54, 1.807) is 6.07 Å². The lowest BCUT2D eigenvalue weighted by Crippen LogP contribution is -2.17. The fraction of sp³-hybridized carbons (Fsp3) is 0.182. The molecule has 0 saturated heterocycles. The van der Waals surface area contributed by atoms with Crippen LogP contribution in [0.5, 0.6) is 5.75 Å². The molecule has 166 valence electrons. The van der Waals surface area contributed by atoms with Gasteiger partial charge in [0.25, 0.3) is 0 Å². The second-order valence-corrected chi connectivity index (χ2v) is 7.08. The molecule has 2 heterocycles. The van der Waals surface area contributed by atoms with E-state index in [0.717, 1.165) is 18.2 Å². The fourth-order valence-electron chi connectivity index (χ4n) is 3.25. The van der Waals surface area contributed by atoms with Crippen molar-refractivity contribution in [1.29, 1.82) is 0 Å². The normalized spacial score (nSPS) is 13.3. The van der Waals surface area contributed by atoms with Crippen molar-refractivity contribution in [2.45, 2.75) is 18.7 Å². The van der Waals surface area contributed by atoms with Crippen LogP contribution in [0.15, 0.2) is 54.7 Å². The minimum absolute atomic E-state index is 0.0496. The molecular formula is C22H18F4N4O2. The van der Waals surface area contributed by atoms with Gasteiger partial charge in [0.2, 0.25) is 5.95 Å². The summed E-state index contributed by atoms with van der Waals surface area (Å²) in [5, 5.41) is 14.0. The third kappa shape index (κ3) is 4.35. The Labute approximate surface area is 179 Å². The number of anilines is 1. The molecule has 32 heavy (non-hydrogen) atoms. The number of fused-ring (bicyclic) bond motifs is 1. The molecule has 4 aromatic rings. The van der Waals surface area contributed by atoms with Gasteiger partial charge in [0.05, 0.1) is 6.61 Å². The highest BCUT2D eigenvalue weighted by atomic mass is 19.1. The summed E-state index contributed by atoms with van der Waals surface area (Å²) in [6, 6.07) is 10.1. The number of aromatic nitrogens is 3. The number of benzene rings is 2. The van der Waals surface area contributed by atoms with Crippen molar-refractivity contribution in [2.75, 3.05) is 12.3 Å². The maximum Gasteiger partial charge on any atom is 0.240 e. The molecule has 0 fully saturated rings. The van der Waals surface area contributed by atoms with Gasteiger partial charge in [-0.2, -0.15) is 4.98 Å². The summed E-state index contributed by atoms with van der Waals surface area (Å²) in [6.45, 7) is -0.392. The minimum Gasteiger partial charge on any atom is -0.487 e. The van der Waals surface area contributed by atoms with Gasteiger partial charge < -0.3 is 15.6 Å². The van der Waals surface area contributed by atoms with E-state index in [9.17, 15) is 22.7 Å². The van der Waals surface area contributed by atoms with Gasteiger partial charge in [-0.25, -0.2) is 22.1 Å². The standard InChI is InChI=1S/C22H18F4N4O2/c23-14-3-1-12(2-4-14)20(31)16(24)8-10-32-21-17(25)6-5-15(19(21)26)13-7-9-30-18(11-13)28-22(27)29-30/h1-7,9,11,16,20,31H,8,10H2,(H2,27,29). The third-order valence-electron chi connectivity index (χ3n) is 4.91.